The van der Waals surface area contributed by atoms with Gasteiger partial charge in [0.1, 0.15) is 12.1 Å². The first-order valence-electron chi connectivity index (χ1n) is 4.63. The van der Waals surface area contributed by atoms with Crippen molar-refractivity contribution < 1.29 is 20.0 Å². The summed E-state index contributed by atoms with van der Waals surface area (Å²) in [6, 6.07) is -1.67. The van der Waals surface area contributed by atoms with Gasteiger partial charge in [-0.3, -0.25) is 14.8 Å². The molecule has 0 aromatic rings. The number of hydroxylamine groups is 4. The number of likely N-dealkylation sites (N-methyl/N-ethyl adjacent to an activating group) is 1. The van der Waals surface area contributed by atoms with Crippen LogP contribution in [0.4, 0.5) is 0 Å². The van der Waals surface area contributed by atoms with Crippen molar-refractivity contribution in [2.75, 3.05) is 18.6 Å². The fourth-order valence-corrected chi connectivity index (χ4v) is 3.77. The van der Waals surface area contributed by atoms with Crippen LogP contribution >= 0.6 is 21.6 Å². The van der Waals surface area contributed by atoms with E-state index in [1.165, 1.54) is 35.6 Å². The molecule has 2 N–H and O–H groups in total. The number of ketones is 1. The van der Waals surface area contributed by atoms with Gasteiger partial charge in [-0.15, -0.1) is 0 Å². The molecule has 0 spiro atoms. The summed E-state index contributed by atoms with van der Waals surface area (Å²) in [5, 5.41) is 20.1. The first-order chi connectivity index (χ1) is 7.45. The van der Waals surface area contributed by atoms with Gasteiger partial charge in [0.15, 0.2) is 5.78 Å². The van der Waals surface area contributed by atoms with Crippen LogP contribution in [0.1, 0.15) is 6.92 Å². The smallest absolute Gasteiger partial charge is 0.267 e. The van der Waals surface area contributed by atoms with Crippen LogP contribution in [-0.4, -0.2) is 62.9 Å². The number of carbonyl (C=O) groups is 2. The van der Waals surface area contributed by atoms with Gasteiger partial charge < -0.3 is 5.21 Å². The number of hydrogen-bond acceptors (Lipinski definition) is 7. The number of carbonyl (C=O) groups excluding carboxylic acids is 2. The van der Waals surface area contributed by atoms with Gasteiger partial charge in [0.05, 0.1) is 0 Å². The Morgan fingerprint density at radius 2 is 2.06 bits per heavy atom. The van der Waals surface area contributed by atoms with Crippen LogP contribution in [0.2, 0.25) is 0 Å². The van der Waals surface area contributed by atoms with E-state index in [-0.39, 0.29) is 5.78 Å². The minimum Gasteiger partial charge on any atom is -0.313 e. The number of hydrogen-bond donors (Lipinski definition) is 2. The molecule has 1 fully saturated rings. The van der Waals surface area contributed by atoms with Gasteiger partial charge in [0.2, 0.25) is 0 Å². The maximum Gasteiger partial charge on any atom is 0.267 e. The topological polar surface area (TPSA) is 81.1 Å². The first-order valence-corrected chi connectivity index (χ1v) is 7.12. The van der Waals surface area contributed by atoms with E-state index in [1.807, 2.05) is 0 Å². The summed E-state index contributed by atoms with van der Waals surface area (Å²) in [6.45, 7) is 1.33. The average Bonchev–Trinajstić information content (AvgIpc) is 2.18. The van der Waals surface area contributed by atoms with Gasteiger partial charge in [0.25, 0.3) is 5.91 Å². The van der Waals surface area contributed by atoms with Gasteiger partial charge in [-0.2, -0.15) is 5.06 Å². The molecule has 0 aliphatic carbocycles. The predicted molar refractivity (Wildman–Crippen MR) is 61.4 cm³/mol. The van der Waals surface area contributed by atoms with Gasteiger partial charge in [-0.1, -0.05) is 21.6 Å². The maximum absolute atomic E-state index is 11.8. The molecule has 6 nitrogen and oxygen atoms in total. The van der Waals surface area contributed by atoms with Gasteiger partial charge in [-0.05, 0) is 6.92 Å². The third kappa shape index (κ3) is 3.11. The van der Waals surface area contributed by atoms with Crippen LogP contribution in [0.25, 0.3) is 0 Å². The Labute approximate surface area is 101 Å². The molecule has 16 heavy (non-hydrogen) atoms. The number of Topliss-reactive ketones (excluding diaryl/α,β-unsaturated/α-hetero) is 1. The molecule has 92 valence electrons. The van der Waals surface area contributed by atoms with Gasteiger partial charge in [-0.25, -0.2) is 5.06 Å². The summed E-state index contributed by atoms with van der Waals surface area (Å²) in [4.78, 5) is 23.0. The van der Waals surface area contributed by atoms with E-state index in [4.69, 9.17) is 0 Å². The van der Waals surface area contributed by atoms with E-state index in [1.54, 1.807) is 0 Å². The number of amides is 1. The van der Waals surface area contributed by atoms with Crippen molar-refractivity contribution in [2.24, 2.45) is 0 Å². The zero-order chi connectivity index (χ0) is 12.3. The Hall–Kier alpha value is -0.280. The Morgan fingerprint density at radius 1 is 1.50 bits per heavy atom. The molecule has 1 amide bonds. The van der Waals surface area contributed by atoms with Gasteiger partial charge >= 0.3 is 0 Å². The molecule has 1 aliphatic rings. The molecule has 0 saturated carbocycles. The average molecular weight is 266 g/mol. The zero-order valence-electron chi connectivity index (χ0n) is 8.99. The van der Waals surface area contributed by atoms with Crippen molar-refractivity contribution >= 4 is 33.3 Å². The highest BCUT2D eigenvalue weighted by atomic mass is 33.1. The van der Waals surface area contributed by atoms with Crippen molar-refractivity contribution in [1.82, 2.24) is 10.1 Å². The fourth-order valence-electron chi connectivity index (χ4n) is 1.23. The lowest BCUT2D eigenvalue weighted by Gasteiger charge is -2.31. The Morgan fingerprint density at radius 3 is 2.56 bits per heavy atom. The second kappa shape index (κ2) is 5.87. The molecular weight excluding hydrogens is 252 g/mol. The Kier molecular flexibility index (Phi) is 5.06. The second-order valence-electron chi connectivity index (χ2n) is 3.47. The van der Waals surface area contributed by atoms with Gasteiger partial charge in [0, 0.05) is 18.6 Å². The van der Waals surface area contributed by atoms with E-state index >= 15 is 0 Å². The molecule has 1 heterocycles. The van der Waals surface area contributed by atoms with Crippen LogP contribution in [0.3, 0.4) is 0 Å². The second-order valence-corrected chi connectivity index (χ2v) is 6.02. The molecule has 0 aromatic heterocycles. The molecule has 1 saturated heterocycles. The molecule has 8 heteroatoms. The SMILES string of the molecule is CC(=O)C1CSSC[C@H](N(C)O)C(=O)N1O. The third-order valence-corrected chi connectivity index (χ3v) is 4.65. The van der Waals surface area contributed by atoms with Crippen molar-refractivity contribution in [3.05, 3.63) is 0 Å². The molecule has 0 radical (unpaired) electrons. The highest BCUT2D eigenvalue weighted by Gasteiger charge is 2.35. The highest BCUT2D eigenvalue weighted by Crippen LogP contribution is 2.28. The minimum atomic E-state index is -0.840. The van der Waals surface area contributed by atoms with E-state index in [0.29, 0.717) is 16.6 Å². The predicted octanol–water partition coefficient (Wildman–Crippen LogP) is 0.246. The molecule has 0 aromatic carbocycles. The molecular formula is C8H14N2O4S2. The van der Waals surface area contributed by atoms with Crippen LogP contribution in [0, 0.1) is 0 Å². The maximum atomic E-state index is 11.8. The number of rotatable bonds is 2. The van der Waals surface area contributed by atoms with Crippen LogP contribution in [0.5, 0.6) is 0 Å². The Bertz CT molecular complexity index is 287. The van der Waals surface area contributed by atoms with E-state index in [9.17, 15) is 20.0 Å². The van der Waals surface area contributed by atoms with Crippen LogP contribution < -0.4 is 0 Å². The lowest BCUT2D eigenvalue weighted by molar-refractivity contribution is -0.192. The fraction of sp³-hybridized carbons (Fsp3) is 0.750. The first kappa shape index (κ1) is 13.8. The molecule has 0 bridgehead atoms. The largest absolute Gasteiger partial charge is 0.313 e. The number of nitrogens with zero attached hydrogens (tertiary/aromatic N) is 2. The summed E-state index contributed by atoms with van der Waals surface area (Å²) >= 11 is 0. The summed E-state index contributed by atoms with van der Waals surface area (Å²) in [5.74, 6) is -0.217. The van der Waals surface area contributed by atoms with E-state index in [0.717, 1.165) is 5.06 Å². The molecule has 1 unspecified atom stereocenters. The quantitative estimate of drug-likeness (QED) is 0.421. The minimum absolute atomic E-state index is 0.273. The lowest BCUT2D eigenvalue weighted by Crippen LogP contribution is -2.53. The molecule has 1 rings (SSSR count). The zero-order valence-corrected chi connectivity index (χ0v) is 10.6. The van der Waals surface area contributed by atoms with Crippen molar-refractivity contribution in [1.29, 1.82) is 0 Å². The third-order valence-electron chi connectivity index (χ3n) is 2.26. The van der Waals surface area contributed by atoms with Crippen molar-refractivity contribution in [3.63, 3.8) is 0 Å². The lowest BCUT2D eigenvalue weighted by atomic mass is 10.2. The molecule has 1 aliphatic heterocycles. The summed E-state index contributed by atoms with van der Waals surface area (Å²) < 4.78 is 0. The van der Waals surface area contributed by atoms with Crippen molar-refractivity contribution in [3.8, 4) is 0 Å². The Balaban J connectivity index is 2.84. The summed E-state index contributed by atoms with van der Waals surface area (Å²) in [5.41, 5.74) is 0. The highest BCUT2D eigenvalue weighted by molar-refractivity contribution is 8.76. The summed E-state index contributed by atoms with van der Waals surface area (Å²) in [6.07, 6.45) is 0. The van der Waals surface area contributed by atoms with Crippen LogP contribution in [0.15, 0.2) is 0 Å². The van der Waals surface area contributed by atoms with Crippen LogP contribution in [-0.2, 0) is 9.59 Å². The van der Waals surface area contributed by atoms with Crippen molar-refractivity contribution in [2.45, 2.75) is 19.0 Å². The molecule has 2 atom stereocenters. The normalized spacial score (nSPS) is 27.8. The van der Waals surface area contributed by atoms with E-state index in [2.05, 4.69) is 0 Å². The van der Waals surface area contributed by atoms with E-state index < -0.39 is 18.0 Å². The monoisotopic (exact) mass is 266 g/mol. The standard InChI is InChI=1S/C8H14N2O4S2/c1-5(11)6-3-15-16-4-7(9(2)13)8(12)10(6)14/h6-7,13-14H,3-4H2,1-2H3/t6?,7-/m0/s1. The summed E-state index contributed by atoms with van der Waals surface area (Å²) in [7, 11) is 4.13.